The van der Waals surface area contributed by atoms with Crippen molar-refractivity contribution in [1.29, 1.82) is 0 Å². The van der Waals surface area contributed by atoms with Gasteiger partial charge >= 0.3 is 5.97 Å². The van der Waals surface area contributed by atoms with Gasteiger partial charge in [0.2, 0.25) is 5.91 Å². The van der Waals surface area contributed by atoms with E-state index in [2.05, 4.69) is 5.32 Å². The maximum Gasteiger partial charge on any atom is 0.308 e. The normalized spacial score (nSPS) is 25.6. The number of carbonyl (C=O) groups excluding carboxylic acids is 1. The Balaban J connectivity index is 2.47. The molecule has 2 atom stereocenters. The molecule has 5 nitrogen and oxygen atoms in total. The minimum Gasteiger partial charge on any atom is -0.481 e. The Labute approximate surface area is 89.4 Å². The van der Waals surface area contributed by atoms with Gasteiger partial charge in [0.15, 0.2) is 0 Å². The summed E-state index contributed by atoms with van der Waals surface area (Å²) in [6.07, 6.45) is 0. The van der Waals surface area contributed by atoms with Crippen molar-refractivity contribution in [3.8, 4) is 0 Å². The highest BCUT2D eigenvalue weighted by molar-refractivity contribution is 5.80. The summed E-state index contributed by atoms with van der Waals surface area (Å²) < 4.78 is 0. The van der Waals surface area contributed by atoms with Crippen LogP contribution in [0, 0.1) is 11.8 Å². The van der Waals surface area contributed by atoms with Crippen LogP contribution < -0.4 is 5.32 Å². The molecular formula is C10H18N2O3. The highest BCUT2D eigenvalue weighted by atomic mass is 16.4. The van der Waals surface area contributed by atoms with E-state index in [-0.39, 0.29) is 11.8 Å². The number of rotatable bonds is 4. The average Bonchev–Trinajstić information content (AvgIpc) is 2.56. The summed E-state index contributed by atoms with van der Waals surface area (Å²) >= 11 is 0. The molecule has 86 valence electrons. The summed E-state index contributed by atoms with van der Waals surface area (Å²) in [5, 5.41) is 11.9. The first-order valence-electron chi connectivity index (χ1n) is 5.27. The molecule has 0 bridgehead atoms. The molecule has 0 aromatic heterocycles. The van der Waals surface area contributed by atoms with Crippen LogP contribution in [0.15, 0.2) is 0 Å². The summed E-state index contributed by atoms with van der Waals surface area (Å²) in [5.41, 5.74) is 0. The van der Waals surface area contributed by atoms with Gasteiger partial charge in [-0.25, -0.2) is 0 Å². The molecule has 0 saturated carbocycles. The van der Waals surface area contributed by atoms with Crippen LogP contribution in [0.25, 0.3) is 0 Å². The topological polar surface area (TPSA) is 69.6 Å². The van der Waals surface area contributed by atoms with E-state index in [0.29, 0.717) is 19.6 Å². The zero-order valence-corrected chi connectivity index (χ0v) is 9.19. The number of hydrogen-bond donors (Lipinski definition) is 2. The van der Waals surface area contributed by atoms with Gasteiger partial charge in [-0.15, -0.1) is 0 Å². The van der Waals surface area contributed by atoms with Gasteiger partial charge < -0.3 is 15.3 Å². The molecule has 1 aliphatic rings. The molecule has 1 heterocycles. The zero-order chi connectivity index (χ0) is 11.4. The third kappa shape index (κ3) is 2.92. The molecule has 1 rings (SSSR count). The molecule has 0 aromatic rings. The lowest BCUT2D eigenvalue weighted by molar-refractivity contribution is -0.142. The molecule has 5 heteroatoms. The standard InChI is InChI=1S/C10H18N2O3/c1-3-11-4-9(13)12-5-7(2)8(6-12)10(14)15/h7-8,11H,3-6H2,1-2H3,(H,14,15). The van der Waals surface area contributed by atoms with Crippen LogP contribution >= 0.6 is 0 Å². The molecule has 1 amide bonds. The summed E-state index contributed by atoms with van der Waals surface area (Å²) in [6.45, 7) is 5.76. The van der Waals surface area contributed by atoms with E-state index in [9.17, 15) is 9.59 Å². The number of hydrogen-bond acceptors (Lipinski definition) is 3. The predicted octanol–water partition coefficient (Wildman–Crippen LogP) is -0.225. The molecule has 1 saturated heterocycles. The molecule has 0 spiro atoms. The van der Waals surface area contributed by atoms with Crippen LogP contribution in [0.1, 0.15) is 13.8 Å². The molecule has 0 aromatic carbocycles. The Morgan fingerprint density at radius 2 is 2.13 bits per heavy atom. The summed E-state index contributed by atoms with van der Waals surface area (Å²) in [6, 6.07) is 0. The lowest BCUT2D eigenvalue weighted by Gasteiger charge is -2.15. The van der Waals surface area contributed by atoms with E-state index in [1.165, 1.54) is 0 Å². The van der Waals surface area contributed by atoms with Crippen LogP contribution in [0.2, 0.25) is 0 Å². The molecule has 2 unspecified atom stereocenters. The Morgan fingerprint density at radius 1 is 1.47 bits per heavy atom. The zero-order valence-electron chi connectivity index (χ0n) is 9.19. The van der Waals surface area contributed by atoms with Crippen molar-refractivity contribution in [2.45, 2.75) is 13.8 Å². The quantitative estimate of drug-likeness (QED) is 0.678. The fraction of sp³-hybridized carbons (Fsp3) is 0.800. The second kappa shape index (κ2) is 5.11. The molecular weight excluding hydrogens is 196 g/mol. The highest BCUT2D eigenvalue weighted by Gasteiger charge is 2.36. The van der Waals surface area contributed by atoms with Crippen LogP contribution in [0.3, 0.4) is 0 Å². The molecule has 1 fully saturated rings. The van der Waals surface area contributed by atoms with Gasteiger partial charge in [-0.3, -0.25) is 9.59 Å². The number of carboxylic acid groups (broad SMARTS) is 1. The van der Waals surface area contributed by atoms with E-state index in [0.717, 1.165) is 6.54 Å². The van der Waals surface area contributed by atoms with E-state index >= 15 is 0 Å². The number of aliphatic carboxylic acids is 1. The average molecular weight is 214 g/mol. The van der Waals surface area contributed by atoms with Crippen molar-refractivity contribution in [3.63, 3.8) is 0 Å². The molecule has 1 aliphatic heterocycles. The second-order valence-corrected chi connectivity index (χ2v) is 4.00. The van der Waals surface area contributed by atoms with Gasteiger partial charge in [0, 0.05) is 13.1 Å². The first kappa shape index (κ1) is 12.0. The van der Waals surface area contributed by atoms with Gasteiger partial charge in [-0.1, -0.05) is 13.8 Å². The lowest BCUT2D eigenvalue weighted by Crippen LogP contribution is -2.37. The Bertz CT molecular complexity index is 255. The Morgan fingerprint density at radius 3 is 2.60 bits per heavy atom. The van der Waals surface area contributed by atoms with E-state index in [1.54, 1.807) is 4.90 Å². The molecule has 0 aliphatic carbocycles. The number of carbonyl (C=O) groups is 2. The van der Waals surface area contributed by atoms with Gasteiger partial charge in [-0.05, 0) is 12.5 Å². The van der Waals surface area contributed by atoms with Crippen molar-refractivity contribution < 1.29 is 14.7 Å². The highest BCUT2D eigenvalue weighted by Crippen LogP contribution is 2.22. The van der Waals surface area contributed by atoms with Gasteiger partial charge in [-0.2, -0.15) is 0 Å². The van der Waals surface area contributed by atoms with Crippen molar-refractivity contribution >= 4 is 11.9 Å². The minimum absolute atomic E-state index is 0.00699. The first-order valence-corrected chi connectivity index (χ1v) is 5.27. The summed E-state index contributed by atoms with van der Waals surface area (Å²) in [4.78, 5) is 24.1. The van der Waals surface area contributed by atoms with Gasteiger partial charge in [0.25, 0.3) is 0 Å². The monoisotopic (exact) mass is 214 g/mol. The van der Waals surface area contributed by atoms with Crippen molar-refractivity contribution in [2.24, 2.45) is 11.8 Å². The van der Waals surface area contributed by atoms with Crippen LogP contribution in [0.5, 0.6) is 0 Å². The lowest BCUT2D eigenvalue weighted by atomic mass is 9.99. The fourth-order valence-electron chi connectivity index (χ4n) is 1.84. The van der Waals surface area contributed by atoms with Crippen molar-refractivity contribution in [2.75, 3.05) is 26.2 Å². The molecule has 2 N–H and O–H groups in total. The number of amides is 1. The largest absolute Gasteiger partial charge is 0.481 e. The van der Waals surface area contributed by atoms with Gasteiger partial charge in [0.05, 0.1) is 12.5 Å². The first-order chi connectivity index (χ1) is 7.06. The Kier molecular flexibility index (Phi) is 4.08. The fourth-order valence-corrected chi connectivity index (χ4v) is 1.84. The van der Waals surface area contributed by atoms with Crippen LogP contribution in [-0.2, 0) is 9.59 Å². The number of likely N-dealkylation sites (N-methyl/N-ethyl adjacent to an activating group) is 1. The van der Waals surface area contributed by atoms with Crippen LogP contribution in [-0.4, -0.2) is 48.1 Å². The smallest absolute Gasteiger partial charge is 0.308 e. The number of nitrogens with zero attached hydrogens (tertiary/aromatic N) is 1. The van der Waals surface area contributed by atoms with Crippen LogP contribution in [0.4, 0.5) is 0 Å². The predicted molar refractivity (Wildman–Crippen MR) is 55.4 cm³/mol. The van der Waals surface area contributed by atoms with Crippen molar-refractivity contribution in [1.82, 2.24) is 10.2 Å². The van der Waals surface area contributed by atoms with E-state index in [1.807, 2.05) is 13.8 Å². The molecule has 0 radical (unpaired) electrons. The summed E-state index contributed by atoms with van der Waals surface area (Å²) in [7, 11) is 0. The minimum atomic E-state index is -0.804. The third-order valence-corrected chi connectivity index (χ3v) is 2.81. The second-order valence-electron chi connectivity index (χ2n) is 4.00. The maximum absolute atomic E-state index is 11.6. The van der Waals surface area contributed by atoms with Gasteiger partial charge in [0.1, 0.15) is 0 Å². The number of carboxylic acids is 1. The third-order valence-electron chi connectivity index (χ3n) is 2.81. The van der Waals surface area contributed by atoms with Crippen molar-refractivity contribution in [3.05, 3.63) is 0 Å². The SMILES string of the molecule is CCNCC(=O)N1CC(C)C(C(=O)O)C1. The van der Waals surface area contributed by atoms with E-state index < -0.39 is 11.9 Å². The molecule has 15 heavy (non-hydrogen) atoms. The maximum atomic E-state index is 11.6. The van der Waals surface area contributed by atoms with E-state index in [4.69, 9.17) is 5.11 Å². The number of likely N-dealkylation sites (tertiary alicyclic amines) is 1. The summed E-state index contributed by atoms with van der Waals surface area (Å²) in [5.74, 6) is -1.17. The Hall–Kier alpha value is -1.10. The number of nitrogens with one attached hydrogen (secondary N) is 1.